The lowest BCUT2D eigenvalue weighted by molar-refractivity contribution is 0.841. The number of anilines is 2. The molecule has 0 aliphatic carbocycles. The highest BCUT2D eigenvalue weighted by Crippen LogP contribution is 2.12. The van der Waals surface area contributed by atoms with E-state index in [0.29, 0.717) is 0 Å². The maximum absolute atomic E-state index is 4.24. The van der Waals surface area contributed by atoms with Crippen LogP contribution >= 0.6 is 0 Å². The van der Waals surface area contributed by atoms with E-state index in [-0.39, 0.29) is 0 Å². The van der Waals surface area contributed by atoms with Crippen molar-refractivity contribution in [1.82, 2.24) is 9.97 Å². The minimum atomic E-state index is 0.884. The lowest BCUT2D eigenvalue weighted by Gasteiger charge is -2.19. The fourth-order valence-electron chi connectivity index (χ4n) is 1.35. The summed E-state index contributed by atoms with van der Waals surface area (Å²) in [6.45, 7) is 9.13. The summed E-state index contributed by atoms with van der Waals surface area (Å²) in [5.41, 5.74) is 0. The average molecular weight is 194 g/mol. The summed E-state index contributed by atoms with van der Waals surface area (Å²) in [5, 5.41) is 3.17. The van der Waals surface area contributed by atoms with Gasteiger partial charge in [0, 0.05) is 25.7 Å². The quantitative estimate of drug-likeness (QED) is 0.775. The summed E-state index contributed by atoms with van der Waals surface area (Å²) in [4.78, 5) is 10.6. The van der Waals surface area contributed by atoms with Crippen LogP contribution in [0.3, 0.4) is 0 Å². The molecule has 0 atom stereocenters. The zero-order valence-corrected chi connectivity index (χ0v) is 9.12. The van der Waals surface area contributed by atoms with E-state index in [1.54, 1.807) is 6.33 Å². The predicted molar refractivity (Wildman–Crippen MR) is 59.8 cm³/mol. The molecule has 0 saturated heterocycles. The highest BCUT2D eigenvalue weighted by atomic mass is 15.2. The minimum Gasteiger partial charge on any atom is -0.370 e. The number of aromatic nitrogens is 2. The maximum Gasteiger partial charge on any atom is 0.134 e. The molecule has 4 nitrogen and oxygen atoms in total. The standard InChI is InChI=1S/C10H18N4/c1-4-11-9-7-10(13-8-12-9)14(5-2)6-3/h7-8H,4-6H2,1-3H3,(H,11,12,13). The van der Waals surface area contributed by atoms with E-state index in [1.165, 1.54) is 0 Å². The Kier molecular flexibility index (Phi) is 4.16. The average Bonchev–Trinajstić information content (AvgIpc) is 2.21. The van der Waals surface area contributed by atoms with E-state index in [0.717, 1.165) is 31.3 Å². The van der Waals surface area contributed by atoms with E-state index in [1.807, 2.05) is 6.07 Å². The van der Waals surface area contributed by atoms with Gasteiger partial charge in [-0.2, -0.15) is 0 Å². The Hall–Kier alpha value is -1.32. The molecule has 14 heavy (non-hydrogen) atoms. The van der Waals surface area contributed by atoms with Crippen LogP contribution in [0.4, 0.5) is 11.6 Å². The summed E-state index contributed by atoms with van der Waals surface area (Å²) in [5.74, 6) is 1.88. The molecule has 4 heteroatoms. The summed E-state index contributed by atoms with van der Waals surface area (Å²) in [6, 6.07) is 1.98. The van der Waals surface area contributed by atoms with Crippen LogP contribution in [-0.4, -0.2) is 29.6 Å². The third kappa shape index (κ3) is 2.58. The molecule has 0 amide bonds. The Labute approximate surface area is 85.4 Å². The van der Waals surface area contributed by atoms with Crippen molar-refractivity contribution in [2.75, 3.05) is 29.9 Å². The van der Waals surface area contributed by atoms with Crippen molar-refractivity contribution >= 4 is 11.6 Å². The smallest absolute Gasteiger partial charge is 0.134 e. The van der Waals surface area contributed by atoms with Gasteiger partial charge < -0.3 is 10.2 Å². The Morgan fingerprint density at radius 3 is 2.50 bits per heavy atom. The molecule has 0 aliphatic rings. The van der Waals surface area contributed by atoms with Gasteiger partial charge in [-0.05, 0) is 20.8 Å². The molecule has 1 aromatic heterocycles. The van der Waals surface area contributed by atoms with E-state index >= 15 is 0 Å². The molecule has 0 fully saturated rings. The van der Waals surface area contributed by atoms with Crippen LogP contribution in [0.25, 0.3) is 0 Å². The molecule has 1 rings (SSSR count). The molecule has 0 saturated carbocycles. The third-order valence-corrected chi connectivity index (χ3v) is 2.10. The molecular formula is C10H18N4. The highest BCUT2D eigenvalue weighted by Gasteiger charge is 2.03. The van der Waals surface area contributed by atoms with Gasteiger partial charge in [0.05, 0.1) is 0 Å². The number of hydrogen-bond acceptors (Lipinski definition) is 4. The molecule has 0 radical (unpaired) electrons. The molecule has 0 unspecified atom stereocenters. The lowest BCUT2D eigenvalue weighted by atomic mass is 10.4. The molecule has 1 heterocycles. The number of rotatable bonds is 5. The van der Waals surface area contributed by atoms with Crippen molar-refractivity contribution in [3.63, 3.8) is 0 Å². The van der Waals surface area contributed by atoms with Crippen LogP contribution in [0.15, 0.2) is 12.4 Å². The topological polar surface area (TPSA) is 41.0 Å². The Balaban J connectivity index is 2.81. The fraction of sp³-hybridized carbons (Fsp3) is 0.600. The molecular weight excluding hydrogens is 176 g/mol. The predicted octanol–water partition coefficient (Wildman–Crippen LogP) is 1.75. The van der Waals surface area contributed by atoms with Crippen LogP contribution in [0.1, 0.15) is 20.8 Å². The Morgan fingerprint density at radius 2 is 1.93 bits per heavy atom. The third-order valence-electron chi connectivity index (χ3n) is 2.10. The monoisotopic (exact) mass is 194 g/mol. The first-order valence-electron chi connectivity index (χ1n) is 5.12. The Morgan fingerprint density at radius 1 is 1.21 bits per heavy atom. The number of nitrogens with one attached hydrogen (secondary N) is 1. The largest absolute Gasteiger partial charge is 0.370 e. The van der Waals surface area contributed by atoms with Gasteiger partial charge in [-0.1, -0.05) is 0 Å². The van der Waals surface area contributed by atoms with E-state index in [9.17, 15) is 0 Å². The number of hydrogen-bond donors (Lipinski definition) is 1. The van der Waals surface area contributed by atoms with Gasteiger partial charge in [-0.15, -0.1) is 0 Å². The van der Waals surface area contributed by atoms with Gasteiger partial charge >= 0.3 is 0 Å². The fourth-order valence-corrected chi connectivity index (χ4v) is 1.35. The molecule has 1 N–H and O–H groups in total. The minimum absolute atomic E-state index is 0.884. The van der Waals surface area contributed by atoms with Gasteiger partial charge in [0.15, 0.2) is 0 Å². The second kappa shape index (κ2) is 5.42. The number of nitrogens with zero attached hydrogens (tertiary/aromatic N) is 3. The SMILES string of the molecule is CCNc1cc(N(CC)CC)ncn1. The highest BCUT2D eigenvalue weighted by molar-refractivity contribution is 5.48. The van der Waals surface area contributed by atoms with Crippen LogP contribution in [-0.2, 0) is 0 Å². The first kappa shape index (κ1) is 10.8. The van der Waals surface area contributed by atoms with Gasteiger partial charge in [0.25, 0.3) is 0 Å². The summed E-state index contributed by atoms with van der Waals surface area (Å²) in [6.07, 6.45) is 1.60. The van der Waals surface area contributed by atoms with E-state index < -0.39 is 0 Å². The van der Waals surface area contributed by atoms with Crippen molar-refractivity contribution in [2.45, 2.75) is 20.8 Å². The first-order chi connectivity index (χ1) is 6.81. The van der Waals surface area contributed by atoms with Crippen molar-refractivity contribution in [3.05, 3.63) is 12.4 Å². The maximum atomic E-state index is 4.24. The molecule has 0 bridgehead atoms. The molecule has 1 aromatic rings. The van der Waals surface area contributed by atoms with Crippen molar-refractivity contribution in [3.8, 4) is 0 Å². The second-order valence-electron chi connectivity index (χ2n) is 2.96. The van der Waals surface area contributed by atoms with Crippen molar-refractivity contribution in [1.29, 1.82) is 0 Å². The van der Waals surface area contributed by atoms with Crippen LogP contribution in [0.5, 0.6) is 0 Å². The van der Waals surface area contributed by atoms with Gasteiger partial charge in [0.1, 0.15) is 18.0 Å². The van der Waals surface area contributed by atoms with Gasteiger partial charge in [-0.25, -0.2) is 9.97 Å². The molecule has 0 aliphatic heterocycles. The molecule has 0 spiro atoms. The van der Waals surface area contributed by atoms with Crippen LogP contribution < -0.4 is 10.2 Å². The first-order valence-corrected chi connectivity index (χ1v) is 5.12. The molecule has 0 aromatic carbocycles. The summed E-state index contributed by atoms with van der Waals surface area (Å²) >= 11 is 0. The second-order valence-corrected chi connectivity index (χ2v) is 2.96. The van der Waals surface area contributed by atoms with Crippen LogP contribution in [0.2, 0.25) is 0 Å². The van der Waals surface area contributed by atoms with E-state index in [4.69, 9.17) is 0 Å². The lowest BCUT2D eigenvalue weighted by Crippen LogP contribution is -2.23. The van der Waals surface area contributed by atoms with E-state index in [2.05, 4.69) is 41.0 Å². The van der Waals surface area contributed by atoms with Crippen molar-refractivity contribution in [2.24, 2.45) is 0 Å². The van der Waals surface area contributed by atoms with Gasteiger partial charge in [-0.3, -0.25) is 0 Å². The van der Waals surface area contributed by atoms with Gasteiger partial charge in [0.2, 0.25) is 0 Å². The zero-order valence-electron chi connectivity index (χ0n) is 9.12. The summed E-state index contributed by atoms with van der Waals surface area (Å²) < 4.78 is 0. The summed E-state index contributed by atoms with van der Waals surface area (Å²) in [7, 11) is 0. The molecule has 78 valence electrons. The zero-order chi connectivity index (χ0) is 10.4. The van der Waals surface area contributed by atoms with Crippen LogP contribution in [0, 0.1) is 0 Å². The van der Waals surface area contributed by atoms with Crippen molar-refractivity contribution < 1.29 is 0 Å². The Bertz CT molecular complexity index is 271. The normalized spacial score (nSPS) is 9.93.